The van der Waals surface area contributed by atoms with E-state index >= 15 is 0 Å². The minimum atomic E-state index is -1.12. The van der Waals surface area contributed by atoms with Gasteiger partial charge in [0.05, 0.1) is 17.2 Å². The van der Waals surface area contributed by atoms with Gasteiger partial charge in [-0.25, -0.2) is 9.64 Å². The topological polar surface area (TPSA) is 41.7 Å². The lowest BCUT2D eigenvalue weighted by Crippen LogP contribution is -1.96. The SMILES string of the molecule is [C-]#[N+]c1ccc(Cl)c(C(=O)O)c1. The van der Waals surface area contributed by atoms with Crippen molar-refractivity contribution in [1.82, 2.24) is 0 Å². The van der Waals surface area contributed by atoms with Crippen LogP contribution in [-0.2, 0) is 0 Å². The predicted octanol–water partition coefficient (Wildman–Crippen LogP) is 2.59. The van der Waals surface area contributed by atoms with E-state index in [0.29, 0.717) is 0 Å². The molecule has 0 fully saturated rings. The molecule has 0 heterocycles. The lowest BCUT2D eigenvalue weighted by atomic mass is 10.2. The van der Waals surface area contributed by atoms with Crippen molar-refractivity contribution in [2.24, 2.45) is 0 Å². The van der Waals surface area contributed by atoms with E-state index in [1.165, 1.54) is 18.2 Å². The molecule has 1 N–H and O–H groups in total. The van der Waals surface area contributed by atoms with Crippen LogP contribution in [0.2, 0.25) is 5.02 Å². The van der Waals surface area contributed by atoms with Crippen LogP contribution in [0.5, 0.6) is 0 Å². The van der Waals surface area contributed by atoms with Crippen molar-refractivity contribution in [3.05, 3.63) is 40.2 Å². The van der Waals surface area contributed by atoms with E-state index in [0.717, 1.165) is 0 Å². The third kappa shape index (κ3) is 1.55. The predicted molar refractivity (Wildman–Crippen MR) is 44.7 cm³/mol. The highest BCUT2D eigenvalue weighted by Gasteiger charge is 2.08. The van der Waals surface area contributed by atoms with Crippen LogP contribution in [0.3, 0.4) is 0 Å². The number of nitrogens with zero attached hydrogens (tertiary/aromatic N) is 1. The van der Waals surface area contributed by atoms with E-state index in [4.69, 9.17) is 23.3 Å². The molecule has 0 saturated heterocycles. The third-order valence-corrected chi connectivity index (χ3v) is 1.64. The monoisotopic (exact) mass is 181 g/mol. The maximum absolute atomic E-state index is 10.5. The van der Waals surface area contributed by atoms with E-state index < -0.39 is 5.97 Å². The van der Waals surface area contributed by atoms with E-state index in [1.54, 1.807) is 0 Å². The molecule has 0 spiro atoms. The quantitative estimate of drug-likeness (QED) is 0.677. The molecule has 0 saturated carbocycles. The minimum Gasteiger partial charge on any atom is -0.478 e. The number of carboxylic acid groups (broad SMARTS) is 1. The summed E-state index contributed by atoms with van der Waals surface area (Å²) in [4.78, 5) is 13.6. The number of benzene rings is 1. The van der Waals surface area contributed by atoms with Crippen molar-refractivity contribution in [2.75, 3.05) is 0 Å². The largest absolute Gasteiger partial charge is 0.478 e. The molecule has 12 heavy (non-hydrogen) atoms. The number of carbonyl (C=O) groups is 1. The van der Waals surface area contributed by atoms with Gasteiger partial charge in [-0.2, -0.15) is 0 Å². The van der Waals surface area contributed by atoms with Crippen molar-refractivity contribution in [2.45, 2.75) is 0 Å². The van der Waals surface area contributed by atoms with Crippen molar-refractivity contribution in [1.29, 1.82) is 0 Å². The fraction of sp³-hybridized carbons (Fsp3) is 0. The molecule has 0 unspecified atom stereocenters. The van der Waals surface area contributed by atoms with Crippen molar-refractivity contribution in [3.8, 4) is 0 Å². The van der Waals surface area contributed by atoms with Crippen LogP contribution in [0, 0.1) is 6.57 Å². The minimum absolute atomic E-state index is 0.0369. The highest BCUT2D eigenvalue weighted by Crippen LogP contribution is 2.22. The Balaban J connectivity index is 3.28. The molecule has 0 amide bonds. The molecule has 1 aromatic rings. The molecule has 0 atom stereocenters. The fourth-order valence-electron chi connectivity index (χ4n) is 0.747. The van der Waals surface area contributed by atoms with Crippen LogP contribution in [0.25, 0.3) is 4.85 Å². The first kappa shape index (κ1) is 8.57. The number of carboxylic acids is 1. The molecule has 4 heteroatoms. The molecule has 0 aromatic heterocycles. The highest BCUT2D eigenvalue weighted by molar-refractivity contribution is 6.33. The molecular weight excluding hydrogens is 178 g/mol. The summed E-state index contributed by atoms with van der Waals surface area (Å²) in [6.07, 6.45) is 0. The number of aromatic carboxylic acids is 1. The van der Waals surface area contributed by atoms with E-state index in [9.17, 15) is 4.79 Å². The van der Waals surface area contributed by atoms with Crippen molar-refractivity contribution in [3.63, 3.8) is 0 Å². The Labute approximate surface area is 74.0 Å². The molecule has 1 rings (SSSR count). The summed E-state index contributed by atoms with van der Waals surface area (Å²) < 4.78 is 0. The van der Waals surface area contributed by atoms with E-state index in [-0.39, 0.29) is 16.3 Å². The lowest BCUT2D eigenvalue weighted by Gasteiger charge is -1.97. The highest BCUT2D eigenvalue weighted by atomic mass is 35.5. The van der Waals surface area contributed by atoms with Crippen LogP contribution >= 0.6 is 11.6 Å². The Morgan fingerprint density at radius 3 is 2.75 bits per heavy atom. The van der Waals surface area contributed by atoms with Gasteiger partial charge in [0.1, 0.15) is 0 Å². The summed E-state index contributed by atoms with van der Waals surface area (Å²) in [7, 11) is 0. The summed E-state index contributed by atoms with van der Waals surface area (Å²) >= 11 is 5.56. The summed E-state index contributed by atoms with van der Waals surface area (Å²) in [5, 5.41) is 8.75. The van der Waals surface area contributed by atoms with Gasteiger partial charge in [0, 0.05) is 0 Å². The number of rotatable bonds is 1. The summed E-state index contributed by atoms with van der Waals surface area (Å²) in [6.45, 7) is 6.64. The molecule has 0 bridgehead atoms. The first-order valence-corrected chi connectivity index (χ1v) is 3.43. The van der Waals surface area contributed by atoms with Gasteiger partial charge in [-0.05, 0) is 6.07 Å². The summed E-state index contributed by atoms with van der Waals surface area (Å²) in [5.41, 5.74) is 0.238. The smallest absolute Gasteiger partial charge is 0.335 e. The van der Waals surface area contributed by atoms with Gasteiger partial charge in [-0.1, -0.05) is 23.7 Å². The molecule has 0 aliphatic heterocycles. The second kappa shape index (κ2) is 3.24. The molecule has 0 radical (unpaired) electrons. The zero-order valence-corrected chi connectivity index (χ0v) is 6.67. The Morgan fingerprint density at radius 1 is 1.58 bits per heavy atom. The normalized spacial score (nSPS) is 9.00. The molecule has 60 valence electrons. The van der Waals surface area contributed by atoms with Crippen LogP contribution in [-0.4, -0.2) is 11.1 Å². The van der Waals surface area contributed by atoms with Crippen LogP contribution in [0.15, 0.2) is 18.2 Å². The van der Waals surface area contributed by atoms with Gasteiger partial charge >= 0.3 is 5.97 Å². The molecule has 1 aromatic carbocycles. The van der Waals surface area contributed by atoms with Crippen LogP contribution in [0.4, 0.5) is 5.69 Å². The maximum atomic E-state index is 10.5. The van der Waals surface area contributed by atoms with Crippen molar-refractivity contribution >= 4 is 23.3 Å². The summed E-state index contributed by atoms with van der Waals surface area (Å²) in [6, 6.07) is 4.12. The van der Waals surface area contributed by atoms with E-state index in [2.05, 4.69) is 4.85 Å². The van der Waals surface area contributed by atoms with Gasteiger partial charge in [0.2, 0.25) is 0 Å². The Bertz CT molecular complexity index is 368. The molecule has 0 aliphatic rings. The number of halogens is 1. The standard InChI is InChI=1S/C8H4ClNO2/c1-10-5-2-3-7(9)6(4-5)8(11)12/h2-4H,(H,11,12). The van der Waals surface area contributed by atoms with Crippen LogP contribution < -0.4 is 0 Å². The first-order valence-electron chi connectivity index (χ1n) is 3.05. The number of hydrogen-bond acceptors (Lipinski definition) is 1. The summed E-state index contributed by atoms with van der Waals surface area (Å²) in [5.74, 6) is -1.12. The number of hydrogen-bond donors (Lipinski definition) is 1. The zero-order chi connectivity index (χ0) is 9.14. The average molecular weight is 182 g/mol. The van der Waals surface area contributed by atoms with Crippen molar-refractivity contribution < 1.29 is 9.90 Å². The van der Waals surface area contributed by atoms with Crippen LogP contribution in [0.1, 0.15) is 10.4 Å². The molecular formula is C8H4ClNO2. The third-order valence-electron chi connectivity index (χ3n) is 1.31. The van der Waals surface area contributed by atoms with Gasteiger partial charge < -0.3 is 5.11 Å². The Morgan fingerprint density at radius 2 is 2.25 bits per heavy atom. The average Bonchev–Trinajstić information content (AvgIpc) is 2.05. The Hall–Kier alpha value is -1.53. The Kier molecular flexibility index (Phi) is 2.32. The lowest BCUT2D eigenvalue weighted by molar-refractivity contribution is 0.0697. The first-order chi connectivity index (χ1) is 5.65. The van der Waals surface area contributed by atoms with E-state index in [1.807, 2.05) is 0 Å². The molecule has 0 aliphatic carbocycles. The zero-order valence-electron chi connectivity index (χ0n) is 5.91. The maximum Gasteiger partial charge on any atom is 0.335 e. The second-order valence-electron chi connectivity index (χ2n) is 2.08. The fourth-order valence-corrected chi connectivity index (χ4v) is 0.945. The molecule has 3 nitrogen and oxygen atoms in total. The van der Waals surface area contributed by atoms with Gasteiger partial charge in [0.15, 0.2) is 5.69 Å². The van der Waals surface area contributed by atoms with Gasteiger partial charge in [0.25, 0.3) is 0 Å². The second-order valence-corrected chi connectivity index (χ2v) is 2.49. The van der Waals surface area contributed by atoms with Gasteiger partial charge in [-0.15, -0.1) is 0 Å². The van der Waals surface area contributed by atoms with Gasteiger partial charge in [-0.3, -0.25) is 0 Å².